The van der Waals surface area contributed by atoms with E-state index >= 15 is 0 Å². The van der Waals surface area contributed by atoms with Gasteiger partial charge in [-0.05, 0) is 36.8 Å². The van der Waals surface area contributed by atoms with Crippen molar-refractivity contribution in [1.29, 1.82) is 0 Å². The predicted octanol–water partition coefficient (Wildman–Crippen LogP) is 2.97. The number of carbonyl (C=O) groups excluding carboxylic acids is 2. The molecule has 1 N–H and O–H groups in total. The summed E-state index contributed by atoms with van der Waals surface area (Å²) in [6, 6.07) is 12.3. The maximum absolute atomic E-state index is 12.4. The summed E-state index contributed by atoms with van der Waals surface area (Å²) in [5.74, 6) is -1.06. The number of rotatable bonds is 8. The average molecular weight is 462 g/mol. The van der Waals surface area contributed by atoms with E-state index in [0.29, 0.717) is 17.7 Å². The van der Waals surface area contributed by atoms with E-state index in [2.05, 4.69) is 10.3 Å². The van der Waals surface area contributed by atoms with Gasteiger partial charge < -0.3 is 10.1 Å². The standard InChI is InChI=1S/C21H23N3O5S2/c1-14-8-9-15(12-18(14)31(27,28)24(2)3)22-19(25)13-29-21(26)11-10-20-23-16-6-4-5-7-17(16)30-20/h4-9,12H,10-11,13H2,1-3H3,(H,22,25). The zero-order valence-corrected chi connectivity index (χ0v) is 19.0. The van der Waals surface area contributed by atoms with Crippen LogP contribution in [0.1, 0.15) is 17.0 Å². The van der Waals surface area contributed by atoms with Gasteiger partial charge in [-0.2, -0.15) is 0 Å². The number of carbonyl (C=O) groups is 2. The van der Waals surface area contributed by atoms with Gasteiger partial charge in [0.1, 0.15) is 0 Å². The van der Waals surface area contributed by atoms with Crippen molar-refractivity contribution >= 4 is 49.1 Å². The summed E-state index contributed by atoms with van der Waals surface area (Å²) >= 11 is 1.52. The predicted molar refractivity (Wildman–Crippen MR) is 120 cm³/mol. The number of ether oxygens (including phenoxy) is 1. The van der Waals surface area contributed by atoms with E-state index in [1.54, 1.807) is 19.1 Å². The Morgan fingerprint density at radius 1 is 1.16 bits per heavy atom. The number of fused-ring (bicyclic) bond motifs is 1. The van der Waals surface area contributed by atoms with Crippen LogP contribution in [0, 0.1) is 6.92 Å². The zero-order chi connectivity index (χ0) is 22.6. The Labute approximate surface area is 184 Å². The Morgan fingerprint density at radius 2 is 1.90 bits per heavy atom. The summed E-state index contributed by atoms with van der Waals surface area (Å²) in [6.45, 7) is 1.22. The van der Waals surface area contributed by atoms with Crippen LogP contribution in [0.2, 0.25) is 0 Å². The molecule has 8 nitrogen and oxygen atoms in total. The van der Waals surface area contributed by atoms with Crippen LogP contribution >= 0.6 is 11.3 Å². The molecule has 0 saturated carbocycles. The van der Waals surface area contributed by atoms with Gasteiger partial charge in [0.15, 0.2) is 6.61 Å². The van der Waals surface area contributed by atoms with Crippen LogP contribution in [0.15, 0.2) is 47.4 Å². The zero-order valence-electron chi connectivity index (χ0n) is 17.4. The first-order valence-electron chi connectivity index (χ1n) is 9.50. The van der Waals surface area contributed by atoms with Gasteiger partial charge in [0.25, 0.3) is 5.91 Å². The number of esters is 1. The van der Waals surface area contributed by atoms with Gasteiger partial charge in [0, 0.05) is 26.2 Å². The monoisotopic (exact) mass is 461 g/mol. The molecule has 31 heavy (non-hydrogen) atoms. The molecule has 2 aromatic carbocycles. The molecular formula is C21H23N3O5S2. The molecule has 0 aliphatic carbocycles. The molecule has 1 heterocycles. The van der Waals surface area contributed by atoms with Crippen molar-refractivity contribution in [3.63, 3.8) is 0 Å². The molecule has 1 aromatic heterocycles. The summed E-state index contributed by atoms with van der Waals surface area (Å²) in [5, 5.41) is 3.39. The second-order valence-corrected chi connectivity index (χ2v) is 10.3. The second-order valence-electron chi connectivity index (χ2n) is 7.05. The van der Waals surface area contributed by atoms with Gasteiger partial charge in [0.05, 0.1) is 26.5 Å². The number of nitrogens with one attached hydrogen (secondary N) is 1. The van der Waals surface area contributed by atoms with E-state index in [-0.39, 0.29) is 11.3 Å². The maximum Gasteiger partial charge on any atom is 0.306 e. The Balaban J connectivity index is 1.52. The first-order chi connectivity index (χ1) is 14.7. The Hall–Kier alpha value is -2.82. The number of hydrogen-bond donors (Lipinski definition) is 1. The van der Waals surface area contributed by atoms with Crippen LogP contribution in [0.5, 0.6) is 0 Å². The number of aromatic nitrogens is 1. The number of sulfonamides is 1. The van der Waals surface area contributed by atoms with Crippen molar-refractivity contribution in [2.45, 2.75) is 24.7 Å². The molecule has 3 rings (SSSR count). The molecular weight excluding hydrogens is 438 g/mol. The Morgan fingerprint density at radius 3 is 2.61 bits per heavy atom. The van der Waals surface area contributed by atoms with Gasteiger partial charge in [0.2, 0.25) is 10.0 Å². The molecule has 0 unspecified atom stereocenters. The smallest absolute Gasteiger partial charge is 0.306 e. The fourth-order valence-electron chi connectivity index (χ4n) is 2.80. The maximum atomic E-state index is 12.4. The highest BCUT2D eigenvalue weighted by Crippen LogP contribution is 2.23. The first kappa shape index (κ1) is 22.9. The highest BCUT2D eigenvalue weighted by Gasteiger charge is 2.20. The average Bonchev–Trinajstić information content (AvgIpc) is 3.15. The molecule has 0 atom stereocenters. The largest absolute Gasteiger partial charge is 0.456 e. The highest BCUT2D eigenvalue weighted by atomic mass is 32.2. The SMILES string of the molecule is Cc1ccc(NC(=O)COC(=O)CCc2nc3ccccc3s2)cc1S(=O)(=O)N(C)C. The molecule has 0 saturated heterocycles. The lowest BCUT2D eigenvalue weighted by atomic mass is 10.2. The number of anilines is 1. The van der Waals surface area contributed by atoms with Crippen LogP contribution in [0.3, 0.4) is 0 Å². The number of hydrogen-bond acceptors (Lipinski definition) is 7. The summed E-state index contributed by atoms with van der Waals surface area (Å²) in [6.07, 6.45) is 0.548. The van der Waals surface area contributed by atoms with E-state index in [9.17, 15) is 18.0 Å². The number of amides is 1. The molecule has 0 radical (unpaired) electrons. The van der Waals surface area contributed by atoms with E-state index in [0.717, 1.165) is 19.5 Å². The minimum Gasteiger partial charge on any atom is -0.456 e. The van der Waals surface area contributed by atoms with Crippen molar-refractivity contribution in [2.24, 2.45) is 0 Å². The number of aryl methyl sites for hydroxylation is 2. The fraction of sp³-hybridized carbons (Fsp3) is 0.286. The molecule has 164 valence electrons. The number of benzene rings is 2. The number of thiazole rings is 1. The summed E-state index contributed by atoms with van der Waals surface area (Å²) in [7, 11) is -0.767. The molecule has 3 aromatic rings. The molecule has 0 aliphatic rings. The fourth-order valence-corrected chi connectivity index (χ4v) is 4.91. The number of nitrogens with zero attached hydrogens (tertiary/aromatic N) is 2. The van der Waals surface area contributed by atoms with Crippen LogP contribution in [0.25, 0.3) is 10.2 Å². The van der Waals surface area contributed by atoms with Gasteiger partial charge in [-0.25, -0.2) is 17.7 Å². The van der Waals surface area contributed by atoms with Crippen molar-refractivity contribution < 1.29 is 22.7 Å². The topological polar surface area (TPSA) is 106 Å². The van der Waals surface area contributed by atoms with Gasteiger partial charge in [-0.15, -0.1) is 11.3 Å². The summed E-state index contributed by atoms with van der Waals surface area (Å²) in [5.41, 5.74) is 1.76. The van der Waals surface area contributed by atoms with Crippen LogP contribution < -0.4 is 5.32 Å². The van der Waals surface area contributed by atoms with Gasteiger partial charge in [-0.3, -0.25) is 9.59 Å². The van der Waals surface area contributed by atoms with E-state index in [1.807, 2.05) is 24.3 Å². The Bertz CT molecular complexity index is 1190. The second kappa shape index (κ2) is 9.54. The molecule has 0 fully saturated rings. The van der Waals surface area contributed by atoms with E-state index < -0.39 is 28.5 Å². The third-order valence-corrected chi connectivity index (χ3v) is 7.53. The van der Waals surface area contributed by atoms with Crippen molar-refractivity contribution in [3.8, 4) is 0 Å². The van der Waals surface area contributed by atoms with E-state index in [1.165, 1.54) is 31.5 Å². The van der Waals surface area contributed by atoms with Crippen LogP contribution in [-0.2, 0) is 30.8 Å². The van der Waals surface area contributed by atoms with Gasteiger partial charge in [-0.1, -0.05) is 18.2 Å². The molecule has 0 bridgehead atoms. The summed E-state index contributed by atoms with van der Waals surface area (Å²) in [4.78, 5) is 28.7. The third kappa shape index (κ3) is 5.66. The molecule has 1 amide bonds. The quantitative estimate of drug-likeness (QED) is 0.517. The van der Waals surface area contributed by atoms with Crippen LogP contribution in [-0.4, -0.2) is 50.3 Å². The molecule has 0 aliphatic heterocycles. The summed E-state index contributed by atoms with van der Waals surface area (Å²) < 4.78 is 32.0. The lowest BCUT2D eigenvalue weighted by Crippen LogP contribution is -2.24. The lowest BCUT2D eigenvalue weighted by Gasteiger charge is -2.15. The Kier molecular flexibility index (Phi) is 7.04. The highest BCUT2D eigenvalue weighted by molar-refractivity contribution is 7.89. The molecule has 0 spiro atoms. The van der Waals surface area contributed by atoms with Gasteiger partial charge >= 0.3 is 5.97 Å². The van der Waals surface area contributed by atoms with Crippen molar-refractivity contribution in [1.82, 2.24) is 9.29 Å². The van der Waals surface area contributed by atoms with Crippen LogP contribution in [0.4, 0.5) is 5.69 Å². The third-order valence-electron chi connectivity index (χ3n) is 4.48. The minimum absolute atomic E-state index is 0.100. The first-order valence-corrected chi connectivity index (χ1v) is 11.8. The molecule has 10 heteroatoms. The number of para-hydroxylation sites is 1. The lowest BCUT2D eigenvalue weighted by molar-refractivity contribution is -0.147. The minimum atomic E-state index is -3.64. The van der Waals surface area contributed by atoms with Crippen molar-refractivity contribution in [2.75, 3.05) is 26.0 Å². The normalized spacial score (nSPS) is 11.6. The van der Waals surface area contributed by atoms with E-state index in [4.69, 9.17) is 4.74 Å². The van der Waals surface area contributed by atoms with Crippen molar-refractivity contribution in [3.05, 3.63) is 53.0 Å².